The first kappa shape index (κ1) is 16.4. The van der Waals surface area contributed by atoms with Crippen LogP contribution in [0.1, 0.15) is 23.2 Å². The molecule has 1 N–H and O–H groups in total. The quantitative estimate of drug-likeness (QED) is 0.926. The number of carbonyl (C=O) groups excluding carboxylic acids is 1. The Hall–Kier alpha value is -1.93. The predicted molar refractivity (Wildman–Crippen MR) is 72.2 cm³/mol. The second-order valence-electron chi connectivity index (χ2n) is 4.88. The maximum absolute atomic E-state index is 13.2. The number of nitrogens with zero attached hydrogens (tertiary/aromatic N) is 2. The summed E-state index contributed by atoms with van der Waals surface area (Å²) in [5.41, 5.74) is -3.25. The van der Waals surface area contributed by atoms with Crippen LogP contribution in [0.3, 0.4) is 0 Å². The zero-order chi connectivity index (χ0) is 16.4. The lowest BCUT2D eigenvalue weighted by Gasteiger charge is -2.32. The first-order valence-electron chi connectivity index (χ1n) is 6.53. The third-order valence-electron chi connectivity index (χ3n) is 3.30. The molecule has 1 heterocycles. The van der Waals surface area contributed by atoms with Crippen molar-refractivity contribution in [3.8, 4) is 0 Å². The number of hydrogen-bond acceptors (Lipinski definition) is 4. The number of halogens is 3. The molecule has 1 aliphatic rings. The van der Waals surface area contributed by atoms with Gasteiger partial charge in [-0.1, -0.05) is 18.2 Å². The van der Waals surface area contributed by atoms with Crippen molar-refractivity contribution in [2.75, 3.05) is 13.7 Å². The van der Waals surface area contributed by atoms with Gasteiger partial charge in [-0.2, -0.15) is 23.3 Å². The number of alkyl halides is 3. The van der Waals surface area contributed by atoms with Crippen LogP contribution in [0.4, 0.5) is 13.2 Å². The number of methoxy groups -OCH3 is 1. The van der Waals surface area contributed by atoms with Crippen LogP contribution in [0.2, 0.25) is 0 Å². The summed E-state index contributed by atoms with van der Waals surface area (Å²) in [7, 11) is 1.40. The van der Waals surface area contributed by atoms with E-state index < -0.39 is 24.2 Å². The molecule has 0 saturated carbocycles. The summed E-state index contributed by atoms with van der Waals surface area (Å²) < 4.78 is 44.4. The molecule has 0 saturated heterocycles. The van der Waals surface area contributed by atoms with Crippen molar-refractivity contribution in [1.29, 1.82) is 0 Å². The van der Waals surface area contributed by atoms with Gasteiger partial charge in [-0.25, -0.2) is 0 Å². The van der Waals surface area contributed by atoms with E-state index in [1.54, 1.807) is 6.07 Å². The van der Waals surface area contributed by atoms with Gasteiger partial charge in [0.05, 0.1) is 6.61 Å². The van der Waals surface area contributed by atoms with Gasteiger partial charge in [-0.3, -0.25) is 4.79 Å². The normalized spacial score (nSPS) is 21.9. The lowest BCUT2D eigenvalue weighted by molar-refractivity contribution is -0.297. The Morgan fingerprint density at radius 3 is 2.59 bits per heavy atom. The molecule has 1 atom stereocenters. The summed E-state index contributed by atoms with van der Waals surface area (Å²) in [5, 5.41) is 13.8. The lowest BCUT2D eigenvalue weighted by atomic mass is 10.0. The fourth-order valence-corrected chi connectivity index (χ4v) is 2.11. The number of hydrazone groups is 1. The Morgan fingerprint density at radius 1 is 1.41 bits per heavy atom. The van der Waals surface area contributed by atoms with Gasteiger partial charge in [0.2, 0.25) is 0 Å². The number of hydrogen-bond donors (Lipinski definition) is 1. The molecule has 22 heavy (non-hydrogen) atoms. The van der Waals surface area contributed by atoms with Gasteiger partial charge in [-0.15, -0.1) is 0 Å². The second kappa shape index (κ2) is 6.05. The Morgan fingerprint density at radius 2 is 2.05 bits per heavy atom. The summed E-state index contributed by atoms with van der Waals surface area (Å²) in [4.78, 5) is 12.3. The van der Waals surface area contributed by atoms with E-state index in [9.17, 15) is 23.1 Å². The minimum Gasteiger partial charge on any atom is -0.384 e. The lowest BCUT2D eigenvalue weighted by Crippen LogP contribution is -2.56. The second-order valence-corrected chi connectivity index (χ2v) is 4.88. The molecule has 0 radical (unpaired) electrons. The fourth-order valence-electron chi connectivity index (χ4n) is 2.11. The standard InChI is InChI=1S/C14H15F3N2O3/c1-22-8-7-11-9-13(21,14(15,16)17)19(18-11)12(20)10-5-3-2-4-6-10/h2-6,21H,7-9H2,1H3. The van der Waals surface area contributed by atoms with Gasteiger partial charge in [0.15, 0.2) is 0 Å². The van der Waals surface area contributed by atoms with E-state index in [0.29, 0.717) is 0 Å². The van der Waals surface area contributed by atoms with E-state index in [4.69, 9.17) is 4.74 Å². The highest BCUT2D eigenvalue weighted by atomic mass is 19.4. The van der Waals surface area contributed by atoms with E-state index in [-0.39, 0.29) is 29.3 Å². The topological polar surface area (TPSA) is 62.1 Å². The third-order valence-corrected chi connectivity index (χ3v) is 3.30. The van der Waals surface area contributed by atoms with E-state index >= 15 is 0 Å². The highest BCUT2D eigenvalue weighted by Gasteiger charge is 2.63. The smallest absolute Gasteiger partial charge is 0.384 e. The molecule has 1 aromatic carbocycles. The minimum atomic E-state index is -5.02. The average molecular weight is 316 g/mol. The largest absolute Gasteiger partial charge is 0.438 e. The van der Waals surface area contributed by atoms with Crippen molar-refractivity contribution in [2.24, 2.45) is 5.10 Å². The molecule has 1 amide bonds. The van der Waals surface area contributed by atoms with E-state index in [1.807, 2.05) is 0 Å². The van der Waals surface area contributed by atoms with Gasteiger partial charge in [-0.05, 0) is 12.1 Å². The van der Waals surface area contributed by atoms with Gasteiger partial charge in [0.25, 0.3) is 11.6 Å². The van der Waals surface area contributed by atoms with E-state index in [1.165, 1.54) is 31.4 Å². The summed E-state index contributed by atoms with van der Waals surface area (Å²) >= 11 is 0. The summed E-state index contributed by atoms with van der Waals surface area (Å²) in [6, 6.07) is 7.39. The SMILES string of the molecule is COCCC1=NN(C(=O)c2ccccc2)C(O)(C(F)(F)F)C1. The van der Waals surface area contributed by atoms with Crippen LogP contribution in [0.5, 0.6) is 0 Å². The Bertz CT molecular complexity index is 574. The van der Waals surface area contributed by atoms with Gasteiger partial charge in [0.1, 0.15) is 0 Å². The molecule has 5 nitrogen and oxygen atoms in total. The summed E-state index contributed by atoms with van der Waals surface area (Å²) in [5.74, 6) is -1.01. The molecule has 0 bridgehead atoms. The highest BCUT2D eigenvalue weighted by molar-refractivity contribution is 5.98. The maximum Gasteiger partial charge on any atom is 0.438 e. The fraction of sp³-hybridized carbons (Fsp3) is 0.429. The number of aliphatic hydroxyl groups is 1. The minimum absolute atomic E-state index is 0.0157. The molecule has 1 unspecified atom stereocenters. The average Bonchev–Trinajstić information content (AvgIpc) is 2.83. The predicted octanol–water partition coefficient (Wildman–Crippen LogP) is 2.18. The Kier molecular flexibility index (Phi) is 4.52. The van der Waals surface area contributed by atoms with Crippen LogP contribution in [-0.2, 0) is 4.74 Å². The van der Waals surface area contributed by atoms with Crippen molar-refractivity contribution in [3.63, 3.8) is 0 Å². The molecule has 120 valence electrons. The van der Waals surface area contributed by atoms with Crippen LogP contribution < -0.4 is 0 Å². The van der Waals surface area contributed by atoms with E-state index in [2.05, 4.69) is 5.10 Å². The molecule has 8 heteroatoms. The van der Waals surface area contributed by atoms with Gasteiger partial charge < -0.3 is 9.84 Å². The molecule has 0 aliphatic carbocycles. The highest BCUT2D eigenvalue weighted by Crippen LogP contribution is 2.41. The molecule has 0 spiro atoms. The molecular formula is C14H15F3N2O3. The zero-order valence-electron chi connectivity index (χ0n) is 11.8. The van der Waals surface area contributed by atoms with Crippen molar-refractivity contribution < 1.29 is 27.8 Å². The van der Waals surface area contributed by atoms with E-state index in [0.717, 1.165) is 0 Å². The Labute approximate surface area is 125 Å². The first-order chi connectivity index (χ1) is 10.3. The van der Waals surface area contributed by atoms with Crippen LogP contribution >= 0.6 is 0 Å². The Balaban J connectivity index is 2.34. The van der Waals surface area contributed by atoms with Crippen LogP contribution in [-0.4, -0.2) is 47.4 Å². The molecule has 2 rings (SSSR count). The van der Waals surface area contributed by atoms with Crippen molar-refractivity contribution in [1.82, 2.24) is 5.01 Å². The van der Waals surface area contributed by atoms with Gasteiger partial charge in [0, 0.05) is 31.2 Å². The maximum atomic E-state index is 13.2. The number of amides is 1. The molecule has 1 aliphatic heterocycles. The van der Waals surface area contributed by atoms with Crippen molar-refractivity contribution >= 4 is 11.6 Å². The first-order valence-corrected chi connectivity index (χ1v) is 6.53. The number of benzene rings is 1. The molecule has 0 fully saturated rings. The molecular weight excluding hydrogens is 301 g/mol. The van der Waals surface area contributed by atoms with Crippen LogP contribution in [0.15, 0.2) is 35.4 Å². The number of rotatable bonds is 4. The van der Waals surface area contributed by atoms with Crippen LogP contribution in [0, 0.1) is 0 Å². The summed E-state index contributed by atoms with van der Waals surface area (Å²) in [6.45, 7) is 0.153. The van der Waals surface area contributed by atoms with Gasteiger partial charge >= 0.3 is 6.18 Å². The van der Waals surface area contributed by atoms with Crippen LogP contribution in [0.25, 0.3) is 0 Å². The monoisotopic (exact) mass is 316 g/mol. The molecule has 1 aromatic rings. The molecule has 0 aromatic heterocycles. The zero-order valence-corrected chi connectivity index (χ0v) is 11.8. The van der Waals surface area contributed by atoms with Crippen molar-refractivity contribution in [3.05, 3.63) is 35.9 Å². The summed E-state index contributed by atoms with van der Waals surface area (Å²) in [6.07, 6.45) is -5.69. The number of ether oxygens (including phenoxy) is 1. The number of carbonyl (C=O) groups is 1. The third kappa shape index (κ3) is 2.97. The van der Waals surface area contributed by atoms with Crippen molar-refractivity contribution in [2.45, 2.75) is 24.7 Å².